The summed E-state index contributed by atoms with van der Waals surface area (Å²) in [5.41, 5.74) is 0.164. The second-order valence-electron chi connectivity index (χ2n) is 5.77. The van der Waals surface area contributed by atoms with Gasteiger partial charge in [-0.3, -0.25) is 4.79 Å². The van der Waals surface area contributed by atoms with E-state index >= 15 is 0 Å². The average molecular weight is 263 g/mol. The third-order valence-corrected chi connectivity index (χ3v) is 3.65. The van der Waals surface area contributed by atoms with Crippen LogP contribution in [-0.2, 0) is 11.3 Å². The summed E-state index contributed by atoms with van der Waals surface area (Å²) in [6.45, 7) is 5.61. The summed E-state index contributed by atoms with van der Waals surface area (Å²) < 4.78 is 0. The molecule has 19 heavy (non-hydrogen) atoms. The van der Waals surface area contributed by atoms with E-state index in [1.807, 2.05) is 11.9 Å². The van der Waals surface area contributed by atoms with Crippen molar-refractivity contribution in [2.24, 2.45) is 5.41 Å². The molecule has 104 valence electrons. The van der Waals surface area contributed by atoms with Gasteiger partial charge in [0.05, 0.1) is 12.6 Å². The van der Waals surface area contributed by atoms with Crippen LogP contribution in [0.15, 0.2) is 12.7 Å². The molecule has 1 fully saturated rings. The summed E-state index contributed by atoms with van der Waals surface area (Å²) in [4.78, 5) is 26.3. The molecule has 1 atom stereocenters. The summed E-state index contributed by atoms with van der Waals surface area (Å²) in [5.74, 6) is 0.770. The van der Waals surface area contributed by atoms with Gasteiger partial charge in [0.2, 0.25) is 5.91 Å². The van der Waals surface area contributed by atoms with Crippen LogP contribution in [0.5, 0.6) is 0 Å². The molecule has 0 saturated carbocycles. The molecular formula is C13H21N5O. The third-order valence-electron chi connectivity index (χ3n) is 3.65. The molecule has 2 rings (SSSR count). The van der Waals surface area contributed by atoms with Crippen LogP contribution in [0.2, 0.25) is 0 Å². The van der Waals surface area contributed by atoms with Crippen LogP contribution in [0.4, 0.5) is 0 Å². The van der Waals surface area contributed by atoms with Crippen molar-refractivity contribution in [3.8, 4) is 0 Å². The molecule has 1 amide bonds. The van der Waals surface area contributed by atoms with E-state index in [0.29, 0.717) is 12.4 Å². The van der Waals surface area contributed by atoms with Crippen molar-refractivity contribution < 1.29 is 4.79 Å². The molecule has 1 aliphatic rings. The van der Waals surface area contributed by atoms with E-state index in [0.717, 1.165) is 19.4 Å². The Morgan fingerprint density at radius 2 is 2.11 bits per heavy atom. The number of amides is 1. The normalized spacial score (nSPS) is 23.2. The second-order valence-corrected chi connectivity index (χ2v) is 5.77. The summed E-state index contributed by atoms with van der Waals surface area (Å²) in [6, 6.07) is -0.126. The van der Waals surface area contributed by atoms with Gasteiger partial charge < -0.3 is 10.2 Å². The van der Waals surface area contributed by atoms with Crippen molar-refractivity contribution in [2.45, 2.75) is 39.3 Å². The predicted octanol–water partition coefficient (Wildman–Crippen LogP) is 0.608. The number of aromatic nitrogens is 3. The van der Waals surface area contributed by atoms with Gasteiger partial charge >= 0.3 is 0 Å². The van der Waals surface area contributed by atoms with E-state index in [-0.39, 0.29) is 17.4 Å². The maximum atomic E-state index is 12.5. The number of hydrogen-bond donors (Lipinski definition) is 1. The van der Waals surface area contributed by atoms with E-state index in [9.17, 15) is 4.79 Å². The van der Waals surface area contributed by atoms with Gasteiger partial charge in [-0.05, 0) is 25.3 Å². The lowest BCUT2D eigenvalue weighted by Crippen LogP contribution is -2.44. The lowest BCUT2D eigenvalue weighted by atomic mass is 9.83. The van der Waals surface area contributed by atoms with Crippen molar-refractivity contribution in [2.75, 3.05) is 13.6 Å². The minimum Gasteiger partial charge on any atom is -0.334 e. The van der Waals surface area contributed by atoms with E-state index in [2.05, 4.69) is 34.1 Å². The lowest BCUT2D eigenvalue weighted by molar-refractivity contribution is -0.133. The fourth-order valence-electron chi connectivity index (χ4n) is 2.41. The SMILES string of the molecule is CNC1CC(C)(C)CCN(Cc2ncncn2)C1=O. The first-order chi connectivity index (χ1) is 9.02. The lowest BCUT2D eigenvalue weighted by Gasteiger charge is -2.24. The molecule has 6 nitrogen and oxygen atoms in total. The Labute approximate surface area is 113 Å². The van der Waals surface area contributed by atoms with Gasteiger partial charge in [-0.2, -0.15) is 0 Å². The smallest absolute Gasteiger partial charge is 0.240 e. The number of carbonyl (C=O) groups excluding carboxylic acids is 1. The topological polar surface area (TPSA) is 71.0 Å². The average Bonchev–Trinajstić information content (AvgIpc) is 2.51. The van der Waals surface area contributed by atoms with E-state index < -0.39 is 0 Å². The maximum Gasteiger partial charge on any atom is 0.240 e. The van der Waals surface area contributed by atoms with Crippen LogP contribution in [0, 0.1) is 5.41 Å². The maximum absolute atomic E-state index is 12.5. The Balaban J connectivity index is 2.13. The zero-order chi connectivity index (χ0) is 13.9. The predicted molar refractivity (Wildman–Crippen MR) is 71.1 cm³/mol. The van der Waals surface area contributed by atoms with Crippen LogP contribution < -0.4 is 5.32 Å². The molecule has 0 aliphatic carbocycles. The first-order valence-corrected chi connectivity index (χ1v) is 6.59. The highest BCUT2D eigenvalue weighted by molar-refractivity contribution is 5.82. The quantitative estimate of drug-likeness (QED) is 0.865. The monoisotopic (exact) mass is 263 g/mol. The van der Waals surface area contributed by atoms with Crippen molar-refractivity contribution >= 4 is 5.91 Å². The van der Waals surface area contributed by atoms with Crippen LogP contribution >= 0.6 is 0 Å². The number of carbonyl (C=O) groups is 1. The number of likely N-dealkylation sites (N-methyl/N-ethyl adjacent to an activating group) is 1. The number of hydrogen-bond acceptors (Lipinski definition) is 5. The highest BCUT2D eigenvalue weighted by atomic mass is 16.2. The molecule has 2 heterocycles. The Hall–Kier alpha value is -1.56. The van der Waals surface area contributed by atoms with Gasteiger partial charge in [-0.25, -0.2) is 15.0 Å². The Morgan fingerprint density at radius 3 is 2.74 bits per heavy atom. The molecule has 1 aliphatic heterocycles. The number of nitrogens with one attached hydrogen (secondary N) is 1. The van der Waals surface area contributed by atoms with Crippen molar-refractivity contribution in [3.63, 3.8) is 0 Å². The van der Waals surface area contributed by atoms with Gasteiger partial charge in [0, 0.05) is 6.54 Å². The molecule has 1 unspecified atom stereocenters. The molecule has 1 saturated heterocycles. The van der Waals surface area contributed by atoms with Crippen LogP contribution in [0.3, 0.4) is 0 Å². The van der Waals surface area contributed by atoms with Crippen molar-refractivity contribution in [1.82, 2.24) is 25.2 Å². The summed E-state index contributed by atoms with van der Waals surface area (Å²) >= 11 is 0. The number of nitrogens with zero attached hydrogens (tertiary/aromatic N) is 4. The molecule has 1 N–H and O–H groups in total. The standard InChI is InChI=1S/C13H21N5O/c1-13(2)4-5-18(12(19)10(6-13)14-3)7-11-16-8-15-9-17-11/h8-10,14H,4-7H2,1-3H3. The summed E-state index contributed by atoms with van der Waals surface area (Å²) in [5, 5.41) is 3.12. The van der Waals surface area contributed by atoms with Crippen LogP contribution in [0.25, 0.3) is 0 Å². The van der Waals surface area contributed by atoms with Crippen molar-refractivity contribution in [1.29, 1.82) is 0 Å². The minimum absolute atomic E-state index is 0.126. The highest BCUT2D eigenvalue weighted by Gasteiger charge is 2.34. The zero-order valence-corrected chi connectivity index (χ0v) is 11.8. The van der Waals surface area contributed by atoms with Gasteiger partial charge in [0.1, 0.15) is 12.7 Å². The second kappa shape index (κ2) is 5.61. The summed E-state index contributed by atoms with van der Waals surface area (Å²) in [7, 11) is 1.84. The summed E-state index contributed by atoms with van der Waals surface area (Å²) in [6.07, 6.45) is 4.77. The fraction of sp³-hybridized carbons (Fsp3) is 0.692. The largest absolute Gasteiger partial charge is 0.334 e. The molecule has 0 aromatic carbocycles. The minimum atomic E-state index is -0.126. The van der Waals surface area contributed by atoms with Gasteiger partial charge in [-0.15, -0.1) is 0 Å². The van der Waals surface area contributed by atoms with E-state index in [1.165, 1.54) is 12.7 Å². The Morgan fingerprint density at radius 1 is 1.42 bits per heavy atom. The van der Waals surface area contributed by atoms with Crippen LogP contribution in [0.1, 0.15) is 32.5 Å². The molecular weight excluding hydrogens is 242 g/mol. The van der Waals surface area contributed by atoms with Gasteiger partial charge in [0.15, 0.2) is 5.82 Å². The number of likely N-dealkylation sites (tertiary alicyclic amines) is 1. The molecule has 1 aromatic heterocycles. The molecule has 0 spiro atoms. The zero-order valence-electron chi connectivity index (χ0n) is 11.8. The number of rotatable bonds is 3. The Kier molecular flexibility index (Phi) is 4.09. The first kappa shape index (κ1) is 13.9. The van der Waals surface area contributed by atoms with Gasteiger partial charge in [-0.1, -0.05) is 13.8 Å². The highest BCUT2D eigenvalue weighted by Crippen LogP contribution is 2.30. The van der Waals surface area contributed by atoms with Crippen molar-refractivity contribution in [3.05, 3.63) is 18.5 Å². The molecule has 0 radical (unpaired) electrons. The van der Waals surface area contributed by atoms with Crippen LogP contribution in [-0.4, -0.2) is 45.4 Å². The van der Waals surface area contributed by atoms with E-state index in [4.69, 9.17) is 0 Å². The molecule has 6 heteroatoms. The molecule has 0 bridgehead atoms. The van der Waals surface area contributed by atoms with E-state index in [1.54, 1.807) is 0 Å². The third kappa shape index (κ3) is 3.47. The van der Waals surface area contributed by atoms with Gasteiger partial charge in [0.25, 0.3) is 0 Å². The Bertz CT molecular complexity index is 434. The molecule has 1 aromatic rings. The first-order valence-electron chi connectivity index (χ1n) is 6.59. The fourth-order valence-corrected chi connectivity index (χ4v) is 2.41.